The van der Waals surface area contributed by atoms with Gasteiger partial charge >= 0.3 is 0 Å². The van der Waals surface area contributed by atoms with E-state index >= 15 is 0 Å². The van der Waals surface area contributed by atoms with E-state index in [-0.39, 0.29) is 10.9 Å². The van der Waals surface area contributed by atoms with E-state index in [1.165, 1.54) is 12.1 Å². The van der Waals surface area contributed by atoms with Gasteiger partial charge in [0.05, 0.1) is 5.38 Å². The molecule has 2 aromatic rings. The number of phenols is 1. The van der Waals surface area contributed by atoms with Gasteiger partial charge in [-0.1, -0.05) is 24.3 Å². The molecule has 2 rings (SSSR count). The fourth-order valence-electron chi connectivity index (χ4n) is 1.88. The molecule has 104 valence electrons. The number of carbonyl (C=O) groups is 1. The number of anilines is 1. The molecular weight excluding hydrogens is 281 g/mol. The van der Waals surface area contributed by atoms with E-state index in [0.717, 1.165) is 11.6 Å². The molecule has 0 saturated heterocycles. The minimum atomic E-state index is -0.779. The highest BCUT2D eigenvalue weighted by Gasteiger charge is 2.18. The first-order chi connectivity index (χ1) is 9.50. The topological polar surface area (TPSA) is 49.3 Å². The van der Waals surface area contributed by atoms with Crippen molar-refractivity contribution in [3.05, 3.63) is 59.4 Å². The molecule has 3 nitrogen and oxygen atoms in total. The summed E-state index contributed by atoms with van der Waals surface area (Å²) in [7, 11) is 0. The van der Waals surface area contributed by atoms with Crippen LogP contribution in [-0.4, -0.2) is 11.0 Å². The molecule has 0 heterocycles. The van der Waals surface area contributed by atoms with Crippen LogP contribution >= 0.6 is 11.6 Å². The third kappa shape index (κ3) is 2.91. The van der Waals surface area contributed by atoms with Crippen molar-refractivity contribution in [3.63, 3.8) is 0 Å². The second-order valence-corrected chi connectivity index (χ2v) is 4.95. The monoisotopic (exact) mass is 293 g/mol. The number of halogens is 2. The van der Waals surface area contributed by atoms with Crippen LogP contribution < -0.4 is 5.32 Å². The van der Waals surface area contributed by atoms with E-state index in [2.05, 4.69) is 5.32 Å². The standard InChI is InChI=1S/C15H13ClFNO2/c1-9(16)10-5-2-3-7-12(10)18-15(20)14-11(17)6-4-8-13(14)19/h2-9,19H,1H3,(H,18,20). The van der Waals surface area contributed by atoms with Crippen molar-refractivity contribution in [2.75, 3.05) is 5.32 Å². The van der Waals surface area contributed by atoms with Crippen molar-refractivity contribution in [2.45, 2.75) is 12.3 Å². The van der Waals surface area contributed by atoms with Gasteiger partial charge in [0.15, 0.2) is 0 Å². The Hall–Kier alpha value is -2.07. The lowest BCUT2D eigenvalue weighted by Crippen LogP contribution is -2.15. The molecule has 1 atom stereocenters. The van der Waals surface area contributed by atoms with Gasteiger partial charge in [0.1, 0.15) is 17.1 Å². The maximum atomic E-state index is 13.6. The predicted octanol–water partition coefficient (Wildman–Crippen LogP) is 4.08. The average Bonchev–Trinajstić information content (AvgIpc) is 2.38. The Morgan fingerprint density at radius 3 is 2.60 bits per heavy atom. The first kappa shape index (κ1) is 14.3. The number of phenolic OH excluding ortho intramolecular Hbond substituents is 1. The van der Waals surface area contributed by atoms with Gasteiger partial charge in [-0.25, -0.2) is 4.39 Å². The minimum absolute atomic E-state index is 0.305. The maximum Gasteiger partial charge on any atom is 0.262 e. The zero-order chi connectivity index (χ0) is 14.7. The second kappa shape index (κ2) is 5.92. The largest absolute Gasteiger partial charge is 0.507 e. The van der Waals surface area contributed by atoms with Gasteiger partial charge in [0.2, 0.25) is 0 Å². The number of rotatable bonds is 3. The summed E-state index contributed by atoms with van der Waals surface area (Å²) in [5, 5.41) is 11.9. The van der Waals surface area contributed by atoms with Crippen molar-refractivity contribution in [3.8, 4) is 5.75 Å². The summed E-state index contributed by atoms with van der Waals surface area (Å²) < 4.78 is 13.6. The van der Waals surface area contributed by atoms with E-state index in [1.54, 1.807) is 31.2 Å². The lowest BCUT2D eigenvalue weighted by atomic mass is 10.1. The Kier molecular flexibility index (Phi) is 4.25. The van der Waals surface area contributed by atoms with E-state index in [1.807, 2.05) is 0 Å². The molecule has 0 fully saturated rings. The molecule has 0 aliphatic carbocycles. The van der Waals surface area contributed by atoms with Crippen LogP contribution in [0.5, 0.6) is 5.75 Å². The number of para-hydroxylation sites is 1. The number of benzene rings is 2. The van der Waals surface area contributed by atoms with E-state index in [4.69, 9.17) is 11.6 Å². The van der Waals surface area contributed by atoms with Crippen LogP contribution in [0.2, 0.25) is 0 Å². The van der Waals surface area contributed by atoms with Crippen molar-refractivity contribution < 1.29 is 14.3 Å². The quantitative estimate of drug-likeness (QED) is 0.838. The van der Waals surface area contributed by atoms with Gasteiger partial charge in [-0.05, 0) is 30.7 Å². The molecule has 1 amide bonds. The number of alkyl halides is 1. The van der Waals surface area contributed by atoms with Crippen molar-refractivity contribution in [1.82, 2.24) is 0 Å². The molecule has 2 N–H and O–H groups in total. The van der Waals surface area contributed by atoms with E-state index in [9.17, 15) is 14.3 Å². The minimum Gasteiger partial charge on any atom is -0.507 e. The molecule has 0 aliphatic rings. The molecule has 1 unspecified atom stereocenters. The summed E-state index contributed by atoms with van der Waals surface area (Å²) in [5.41, 5.74) is 0.825. The van der Waals surface area contributed by atoms with Crippen molar-refractivity contribution in [2.24, 2.45) is 0 Å². The lowest BCUT2D eigenvalue weighted by Gasteiger charge is -2.13. The van der Waals surface area contributed by atoms with Crippen LogP contribution in [0.4, 0.5) is 10.1 Å². The Balaban J connectivity index is 2.33. The van der Waals surface area contributed by atoms with Gasteiger partial charge < -0.3 is 10.4 Å². The molecule has 0 bridgehead atoms. The van der Waals surface area contributed by atoms with Crippen LogP contribution in [0.1, 0.15) is 28.2 Å². The number of carbonyl (C=O) groups excluding carboxylic acids is 1. The van der Waals surface area contributed by atoms with Crippen molar-refractivity contribution in [1.29, 1.82) is 0 Å². The number of hydrogen-bond donors (Lipinski definition) is 2. The summed E-state index contributed by atoms with van der Waals surface area (Å²) in [6, 6.07) is 10.7. The van der Waals surface area contributed by atoms with Crippen LogP contribution in [0.3, 0.4) is 0 Å². The fraction of sp³-hybridized carbons (Fsp3) is 0.133. The predicted molar refractivity (Wildman–Crippen MR) is 76.7 cm³/mol. The van der Waals surface area contributed by atoms with Gasteiger partial charge in [-0.3, -0.25) is 4.79 Å². The fourth-order valence-corrected chi connectivity index (χ4v) is 2.07. The number of aromatic hydroxyl groups is 1. The molecule has 20 heavy (non-hydrogen) atoms. The highest BCUT2D eigenvalue weighted by atomic mass is 35.5. The van der Waals surface area contributed by atoms with E-state index < -0.39 is 17.5 Å². The molecule has 0 aliphatic heterocycles. The zero-order valence-corrected chi connectivity index (χ0v) is 11.5. The molecular formula is C15H13ClFNO2. The zero-order valence-electron chi connectivity index (χ0n) is 10.7. The van der Waals surface area contributed by atoms with Crippen LogP contribution in [0.25, 0.3) is 0 Å². The molecule has 5 heteroatoms. The Bertz CT molecular complexity index is 623. The molecule has 0 aromatic heterocycles. The smallest absolute Gasteiger partial charge is 0.262 e. The first-order valence-corrected chi connectivity index (χ1v) is 6.46. The van der Waals surface area contributed by atoms with Crippen LogP contribution in [0.15, 0.2) is 42.5 Å². The van der Waals surface area contributed by atoms with Gasteiger partial charge in [0.25, 0.3) is 5.91 Å². The molecule has 0 spiro atoms. The average molecular weight is 294 g/mol. The van der Waals surface area contributed by atoms with Gasteiger partial charge in [-0.15, -0.1) is 11.6 Å². The summed E-state index contributed by atoms with van der Waals surface area (Å²) in [6.45, 7) is 1.77. The number of amides is 1. The van der Waals surface area contributed by atoms with E-state index in [0.29, 0.717) is 5.69 Å². The summed E-state index contributed by atoms with van der Waals surface area (Å²) >= 11 is 6.03. The van der Waals surface area contributed by atoms with Crippen LogP contribution in [-0.2, 0) is 0 Å². The highest BCUT2D eigenvalue weighted by Crippen LogP contribution is 2.28. The summed E-state index contributed by atoms with van der Waals surface area (Å²) in [6.07, 6.45) is 0. The second-order valence-electron chi connectivity index (χ2n) is 4.29. The Labute approximate surface area is 121 Å². The number of nitrogens with one attached hydrogen (secondary N) is 1. The Morgan fingerprint density at radius 2 is 1.95 bits per heavy atom. The summed E-state index contributed by atoms with van der Waals surface area (Å²) in [5.74, 6) is -1.90. The SMILES string of the molecule is CC(Cl)c1ccccc1NC(=O)c1c(O)cccc1F. The van der Waals surface area contributed by atoms with Gasteiger partial charge in [-0.2, -0.15) is 0 Å². The van der Waals surface area contributed by atoms with Gasteiger partial charge in [0, 0.05) is 5.69 Å². The normalized spacial score (nSPS) is 11.9. The Morgan fingerprint density at radius 1 is 1.25 bits per heavy atom. The summed E-state index contributed by atoms with van der Waals surface area (Å²) in [4.78, 5) is 12.1. The first-order valence-electron chi connectivity index (χ1n) is 6.02. The lowest BCUT2D eigenvalue weighted by molar-refractivity contribution is 0.102. The third-order valence-corrected chi connectivity index (χ3v) is 3.09. The molecule has 2 aromatic carbocycles. The van der Waals surface area contributed by atoms with Crippen LogP contribution in [0, 0.1) is 5.82 Å². The molecule has 0 radical (unpaired) electrons. The highest BCUT2D eigenvalue weighted by molar-refractivity contribution is 6.21. The molecule has 0 saturated carbocycles. The third-order valence-electron chi connectivity index (χ3n) is 2.86. The number of hydrogen-bond acceptors (Lipinski definition) is 2. The maximum absolute atomic E-state index is 13.6. The van der Waals surface area contributed by atoms with Crippen molar-refractivity contribution >= 4 is 23.2 Å².